The number of carbonyl (C=O) groups excluding carboxylic acids is 2. The first-order chi connectivity index (χ1) is 19.7. The van der Waals surface area contributed by atoms with Gasteiger partial charge in [0, 0.05) is 24.2 Å². The summed E-state index contributed by atoms with van der Waals surface area (Å²) in [6, 6.07) is 21.9. The topological polar surface area (TPSA) is 73.7 Å². The van der Waals surface area contributed by atoms with Crippen molar-refractivity contribution < 1.29 is 19.1 Å². The zero-order valence-corrected chi connectivity index (χ0v) is 24.0. The second-order valence-corrected chi connectivity index (χ2v) is 10.9. The number of fused-ring (bicyclic) bond motifs is 2. The molecule has 0 radical (unpaired) electrons. The average Bonchev–Trinajstić information content (AvgIpc) is 3.38. The van der Waals surface area contributed by atoms with Crippen molar-refractivity contribution in [3.05, 3.63) is 101 Å². The van der Waals surface area contributed by atoms with E-state index in [0.29, 0.717) is 19.0 Å². The number of anilines is 1. The van der Waals surface area contributed by atoms with Crippen LogP contribution in [0.5, 0.6) is 0 Å². The van der Waals surface area contributed by atoms with Crippen LogP contribution >= 0.6 is 0 Å². The summed E-state index contributed by atoms with van der Waals surface area (Å²) in [6.45, 7) is 8.29. The van der Waals surface area contributed by atoms with E-state index in [1.54, 1.807) is 11.8 Å². The van der Waals surface area contributed by atoms with Crippen LogP contribution in [0.25, 0.3) is 28.8 Å². The molecule has 0 spiro atoms. The van der Waals surface area contributed by atoms with Gasteiger partial charge in [0.25, 0.3) is 0 Å². The number of nitrogens with zero attached hydrogens (tertiary/aromatic N) is 3. The molecule has 1 aliphatic rings. The summed E-state index contributed by atoms with van der Waals surface area (Å²) in [5.41, 5.74) is 4.83. The lowest BCUT2D eigenvalue weighted by Crippen LogP contribution is -2.40. The molecule has 0 atom stereocenters. The first-order valence-corrected chi connectivity index (χ1v) is 14.0. The predicted octanol–water partition coefficient (Wildman–Crippen LogP) is 7.35. The Morgan fingerprint density at radius 2 is 1.78 bits per heavy atom. The molecule has 0 saturated heterocycles. The van der Waals surface area contributed by atoms with Gasteiger partial charge in [0.2, 0.25) is 0 Å². The number of ether oxygens (including phenoxy) is 2. The largest absolute Gasteiger partial charge is 0.463 e. The summed E-state index contributed by atoms with van der Waals surface area (Å²) in [5, 5.41) is 1.03. The van der Waals surface area contributed by atoms with Crippen LogP contribution in [-0.2, 0) is 20.7 Å². The maximum Gasteiger partial charge on any atom is 0.416 e. The van der Waals surface area contributed by atoms with Gasteiger partial charge in [0.15, 0.2) is 0 Å². The summed E-state index contributed by atoms with van der Waals surface area (Å²) in [5.74, 6) is 0.275. The SMILES string of the molecule is CCOC(=O)/C=C(\c1ccccc1)n1ccc2c(/C=C/c3ccc4c(n3)N(C(=O)OC(C)(C)C)CCC4)cccc21. The molecule has 0 fully saturated rings. The normalized spacial score (nSPS) is 13.9. The highest BCUT2D eigenvalue weighted by Crippen LogP contribution is 2.30. The number of esters is 1. The van der Waals surface area contributed by atoms with Crippen LogP contribution in [-0.4, -0.2) is 40.4 Å². The molecule has 0 unspecified atom stereocenters. The minimum Gasteiger partial charge on any atom is -0.463 e. The molecule has 1 amide bonds. The summed E-state index contributed by atoms with van der Waals surface area (Å²) in [4.78, 5) is 31.8. The molecule has 1 aliphatic heterocycles. The van der Waals surface area contributed by atoms with Crippen molar-refractivity contribution in [3.63, 3.8) is 0 Å². The van der Waals surface area contributed by atoms with E-state index in [1.165, 1.54) is 6.08 Å². The van der Waals surface area contributed by atoms with Crippen LogP contribution < -0.4 is 4.90 Å². The van der Waals surface area contributed by atoms with Crippen LogP contribution in [0.1, 0.15) is 56.5 Å². The number of aryl methyl sites for hydroxylation is 1. The van der Waals surface area contributed by atoms with E-state index >= 15 is 0 Å². The summed E-state index contributed by atoms with van der Waals surface area (Å²) in [6.07, 6.45) is 8.87. The van der Waals surface area contributed by atoms with Gasteiger partial charge < -0.3 is 14.0 Å². The number of amides is 1. The molecule has 0 N–H and O–H groups in total. The zero-order chi connectivity index (χ0) is 29.0. The smallest absolute Gasteiger partial charge is 0.416 e. The fourth-order valence-electron chi connectivity index (χ4n) is 4.96. The molecular weight excluding hydrogens is 514 g/mol. The van der Waals surface area contributed by atoms with Crippen LogP contribution in [0.15, 0.2) is 79.0 Å². The van der Waals surface area contributed by atoms with Crippen molar-refractivity contribution in [2.75, 3.05) is 18.1 Å². The van der Waals surface area contributed by atoms with Crippen molar-refractivity contribution in [1.82, 2.24) is 9.55 Å². The van der Waals surface area contributed by atoms with E-state index in [-0.39, 0.29) is 12.1 Å². The molecule has 210 valence electrons. The van der Waals surface area contributed by atoms with Gasteiger partial charge in [-0.2, -0.15) is 0 Å². The lowest BCUT2D eigenvalue weighted by atomic mass is 10.0. The molecule has 7 nitrogen and oxygen atoms in total. The van der Waals surface area contributed by atoms with Gasteiger partial charge in [0.05, 0.1) is 23.5 Å². The first kappa shape index (κ1) is 27.9. The minimum atomic E-state index is -0.576. The standard InChI is InChI=1S/C34H35N3O4/c1-5-40-31(38)23-30(25-11-7-6-8-12-25)36-22-20-28-24(13-9-15-29(28)36)16-18-27-19-17-26-14-10-21-37(32(26)35-27)33(39)41-34(2,3)4/h6-9,11-13,15-20,22-23H,5,10,14,21H2,1-4H3/b18-16+,30-23+. The fraction of sp³-hybridized carbons (Fsp3) is 0.265. The van der Waals surface area contributed by atoms with Gasteiger partial charge in [-0.3, -0.25) is 4.90 Å². The highest BCUT2D eigenvalue weighted by atomic mass is 16.6. The third-order valence-corrected chi connectivity index (χ3v) is 6.75. The third kappa shape index (κ3) is 6.40. The molecule has 4 aromatic rings. The van der Waals surface area contributed by atoms with Crippen molar-refractivity contribution in [2.24, 2.45) is 0 Å². The molecule has 3 heterocycles. The molecule has 2 aromatic carbocycles. The Bertz CT molecular complexity index is 1630. The Morgan fingerprint density at radius 1 is 0.976 bits per heavy atom. The van der Waals surface area contributed by atoms with Crippen molar-refractivity contribution in [2.45, 2.75) is 46.1 Å². The Balaban J connectivity index is 1.48. The Labute approximate surface area is 240 Å². The number of hydrogen-bond acceptors (Lipinski definition) is 5. The predicted molar refractivity (Wildman–Crippen MR) is 163 cm³/mol. The molecule has 0 aliphatic carbocycles. The fourth-order valence-corrected chi connectivity index (χ4v) is 4.96. The van der Waals surface area contributed by atoms with Crippen LogP contribution in [0.3, 0.4) is 0 Å². The van der Waals surface area contributed by atoms with Crippen molar-refractivity contribution in [3.8, 4) is 0 Å². The number of aromatic nitrogens is 2. The summed E-state index contributed by atoms with van der Waals surface area (Å²) in [7, 11) is 0. The quantitative estimate of drug-likeness (QED) is 0.186. The van der Waals surface area contributed by atoms with E-state index in [4.69, 9.17) is 14.5 Å². The highest BCUT2D eigenvalue weighted by molar-refractivity contribution is 5.97. The van der Waals surface area contributed by atoms with Gasteiger partial charge >= 0.3 is 12.1 Å². The average molecular weight is 550 g/mol. The first-order valence-electron chi connectivity index (χ1n) is 14.0. The number of carbonyl (C=O) groups is 2. The number of pyridine rings is 1. The molecule has 5 rings (SSSR count). The summed E-state index contributed by atoms with van der Waals surface area (Å²) < 4.78 is 12.9. The Hall–Kier alpha value is -4.65. The number of benzene rings is 2. The molecule has 0 bridgehead atoms. The molecule has 7 heteroatoms. The molecule has 0 saturated carbocycles. The van der Waals surface area contributed by atoms with Crippen molar-refractivity contribution in [1.29, 1.82) is 0 Å². The second kappa shape index (κ2) is 11.8. The van der Waals surface area contributed by atoms with Gasteiger partial charge in [-0.15, -0.1) is 0 Å². The van der Waals surface area contributed by atoms with Gasteiger partial charge in [0.1, 0.15) is 11.4 Å². The molecule has 41 heavy (non-hydrogen) atoms. The lowest BCUT2D eigenvalue weighted by molar-refractivity contribution is -0.137. The van der Waals surface area contributed by atoms with Crippen molar-refractivity contribution >= 4 is 46.6 Å². The maximum absolute atomic E-state index is 12.9. The third-order valence-electron chi connectivity index (χ3n) is 6.75. The Kier molecular flexibility index (Phi) is 8.06. The maximum atomic E-state index is 12.9. The summed E-state index contributed by atoms with van der Waals surface area (Å²) >= 11 is 0. The lowest BCUT2D eigenvalue weighted by Gasteiger charge is -2.30. The van der Waals surface area contributed by atoms with Gasteiger partial charge in [-0.1, -0.05) is 54.6 Å². The number of hydrogen-bond donors (Lipinski definition) is 0. The number of rotatable bonds is 6. The highest BCUT2D eigenvalue weighted by Gasteiger charge is 2.28. The van der Waals surface area contributed by atoms with E-state index < -0.39 is 5.60 Å². The zero-order valence-electron chi connectivity index (χ0n) is 24.0. The minimum absolute atomic E-state index is 0.311. The molecular formula is C34H35N3O4. The second-order valence-electron chi connectivity index (χ2n) is 10.9. The van der Waals surface area contributed by atoms with E-state index in [0.717, 1.165) is 51.8 Å². The molecule has 2 aromatic heterocycles. The van der Waals surface area contributed by atoms with Crippen LogP contribution in [0, 0.1) is 0 Å². The van der Waals surface area contributed by atoms with Gasteiger partial charge in [-0.25, -0.2) is 14.6 Å². The van der Waals surface area contributed by atoms with Crippen LogP contribution in [0.2, 0.25) is 0 Å². The monoisotopic (exact) mass is 549 g/mol. The van der Waals surface area contributed by atoms with E-state index in [2.05, 4.69) is 0 Å². The van der Waals surface area contributed by atoms with E-state index in [1.807, 2.05) is 110 Å². The van der Waals surface area contributed by atoms with Gasteiger partial charge in [-0.05, 0) is 81.5 Å². The Morgan fingerprint density at radius 3 is 2.54 bits per heavy atom. The van der Waals surface area contributed by atoms with Crippen LogP contribution in [0.4, 0.5) is 10.6 Å². The van der Waals surface area contributed by atoms with E-state index in [9.17, 15) is 9.59 Å².